The maximum atomic E-state index is 11.8. The molecule has 1 aliphatic rings. The molecule has 0 fully saturated rings. The Bertz CT molecular complexity index is 418. The van der Waals surface area contributed by atoms with E-state index in [-0.39, 0.29) is 12.5 Å². The molecule has 4 heteroatoms. The Kier molecular flexibility index (Phi) is 3.64. The highest BCUT2D eigenvalue weighted by atomic mass is 16.5. The molecule has 0 unspecified atom stereocenters. The van der Waals surface area contributed by atoms with Crippen molar-refractivity contribution in [1.29, 1.82) is 0 Å². The van der Waals surface area contributed by atoms with Crippen molar-refractivity contribution in [1.82, 2.24) is 0 Å². The highest BCUT2D eigenvalue weighted by Gasteiger charge is 2.24. The lowest BCUT2D eigenvalue weighted by atomic mass is 10.1. The molecule has 4 nitrogen and oxygen atoms in total. The number of amides is 1. The first-order valence-corrected chi connectivity index (χ1v) is 6.02. The monoisotopic (exact) mass is 234 g/mol. The molecule has 2 rings (SSSR count). The van der Waals surface area contributed by atoms with Crippen molar-refractivity contribution in [2.45, 2.75) is 19.8 Å². The summed E-state index contributed by atoms with van der Waals surface area (Å²) in [4.78, 5) is 13.6. The van der Waals surface area contributed by atoms with Crippen LogP contribution in [0.5, 0.6) is 5.75 Å². The van der Waals surface area contributed by atoms with Gasteiger partial charge in [-0.25, -0.2) is 0 Å². The Hall–Kier alpha value is -1.55. The number of nitrogens with two attached hydrogens (primary N) is 1. The molecule has 1 aliphatic heterocycles. The van der Waals surface area contributed by atoms with E-state index in [9.17, 15) is 4.79 Å². The average molecular weight is 234 g/mol. The molecule has 0 bridgehead atoms. The predicted molar refractivity (Wildman–Crippen MR) is 67.3 cm³/mol. The number of carbonyl (C=O) groups excluding carboxylic acids is 1. The number of fused-ring (bicyclic) bond motifs is 1. The van der Waals surface area contributed by atoms with Gasteiger partial charge in [0.1, 0.15) is 5.75 Å². The van der Waals surface area contributed by atoms with Crippen LogP contribution in [0.1, 0.15) is 18.9 Å². The molecule has 2 N–H and O–H groups in total. The van der Waals surface area contributed by atoms with Gasteiger partial charge in [-0.1, -0.05) is 13.0 Å². The summed E-state index contributed by atoms with van der Waals surface area (Å²) in [7, 11) is 0. The third-order valence-corrected chi connectivity index (χ3v) is 2.96. The Morgan fingerprint density at radius 2 is 2.29 bits per heavy atom. The Balaban J connectivity index is 2.31. The van der Waals surface area contributed by atoms with Gasteiger partial charge in [-0.2, -0.15) is 0 Å². The fraction of sp³-hybridized carbons (Fsp3) is 0.462. The van der Waals surface area contributed by atoms with Crippen molar-refractivity contribution in [3.05, 3.63) is 23.8 Å². The molecule has 0 aromatic heterocycles. The quantitative estimate of drug-likeness (QED) is 0.855. The van der Waals surface area contributed by atoms with Crippen LogP contribution in [0.15, 0.2) is 18.2 Å². The molecule has 0 saturated heterocycles. The van der Waals surface area contributed by atoms with Gasteiger partial charge in [0.15, 0.2) is 6.61 Å². The van der Waals surface area contributed by atoms with Crippen LogP contribution in [0.4, 0.5) is 5.69 Å². The van der Waals surface area contributed by atoms with Crippen LogP contribution in [0.25, 0.3) is 0 Å². The summed E-state index contributed by atoms with van der Waals surface area (Å²) in [6.45, 7) is 3.48. The van der Waals surface area contributed by atoms with Gasteiger partial charge in [-0.15, -0.1) is 0 Å². The lowest BCUT2D eigenvalue weighted by Gasteiger charge is -2.29. The maximum absolute atomic E-state index is 11.8. The summed E-state index contributed by atoms with van der Waals surface area (Å²) in [5.41, 5.74) is 7.59. The smallest absolute Gasteiger partial charge is 0.265 e. The molecule has 0 spiro atoms. The summed E-state index contributed by atoms with van der Waals surface area (Å²) < 4.78 is 5.42. The zero-order valence-corrected chi connectivity index (χ0v) is 10.1. The molecule has 0 aliphatic carbocycles. The Labute approximate surface area is 101 Å². The average Bonchev–Trinajstić information content (AvgIpc) is 2.37. The van der Waals surface area contributed by atoms with E-state index in [4.69, 9.17) is 10.5 Å². The first kappa shape index (κ1) is 11.9. The lowest BCUT2D eigenvalue weighted by Crippen LogP contribution is -2.40. The molecule has 0 saturated carbocycles. The number of hydrogen-bond donors (Lipinski definition) is 1. The number of benzene rings is 1. The fourth-order valence-electron chi connectivity index (χ4n) is 1.96. The third kappa shape index (κ3) is 2.42. The van der Waals surface area contributed by atoms with E-state index in [2.05, 4.69) is 6.92 Å². The minimum atomic E-state index is 0.0132. The summed E-state index contributed by atoms with van der Waals surface area (Å²) in [6.07, 6.45) is 1.76. The van der Waals surface area contributed by atoms with E-state index < -0.39 is 0 Å². The third-order valence-electron chi connectivity index (χ3n) is 2.96. The number of anilines is 1. The molecular formula is C13H18N2O2. The van der Waals surface area contributed by atoms with Gasteiger partial charge in [0.05, 0.1) is 5.69 Å². The summed E-state index contributed by atoms with van der Waals surface area (Å²) >= 11 is 0. The van der Waals surface area contributed by atoms with Gasteiger partial charge < -0.3 is 15.4 Å². The van der Waals surface area contributed by atoms with Gasteiger partial charge in [-0.05, 0) is 37.1 Å². The summed E-state index contributed by atoms with van der Waals surface area (Å²) in [6, 6.07) is 6.01. The van der Waals surface area contributed by atoms with Crippen molar-refractivity contribution in [2.75, 3.05) is 24.6 Å². The van der Waals surface area contributed by atoms with E-state index in [1.165, 1.54) is 5.56 Å². The van der Waals surface area contributed by atoms with Gasteiger partial charge in [0, 0.05) is 6.54 Å². The largest absolute Gasteiger partial charge is 0.482 e. The SMILES string of the molecule is CCc1ccc2c(c1)N(CCCN)C(=O)CO2. The first-order valence-electron chi connectivity index (χ1n) is 6.02. The van der Waals surface area contributed by atoms with Crippen LogP contribution in [0, 0.1) is 0 Å². The molecule has 92 valence electrons. The molecule has 0 radical (unpaired) electrons. The van der Waals surface area contributed by atoms with Crippen LogP contribution in [-0.2, 0) is 11.2 Å². The van der Waals surface area contributed by atoms with Crippen LogP contribution in [0.3, 0.4) is 0 Å². The molecule has 1 amide bonds. The number of ether oxygens (including phenoxy) is 1. The van der Waals surface area contributed by atoms with Crippen LogP contribution < -0.4 is 15.4 Å². The molecule has 1 aromatic rings. The van der Waals surface area contributed by atoms with Gasteiger partial charge in [0.25, 0.3) is 5.91 Å². The molecular weight excluding hydrogens is 216 g/mol. The van der Waals surface area contributed by atoms with E-state index >= 15 is 0 Å². The van der Waals surface area contributed by atoms with Gasteiger partial charge in [-0.3, -0.25) is 4.79 Å². The second-order valence-electron chi connectivity index (χ2n) is 4.13. The van der Waals surface area contributed by atoms with E-state index in [0.29, 0.717) is 13.1 Å². The van der Waals surface area contributed by atoms with Gasteiger partial charge in [0.2, 0.25) is 0 Å². The highest BCUT2D eigenvalue weighted by molar-refractivity contribution is 5.97. The van der Waals surface area contributed by atoms with E-state index in [0.717, 1.165) is 24.3 Å². The number of rotatable bonds is 4. The fourth-order valence-corrected chi connectivity index (χ4v) is 1.96. The molecule has 1 aromatic carbocycles. The second kappa shape index (κ2) is 5.19. The van der Waals surface area contributed by atoms with E-state index in [1.54, 1.807) is 4.90 Å². The highest BCUT2D eigenvalue weighted by Crippen LogP contribution is 2.33. The standard InChI is InChI=1S/C13H18N2O2/c1-2-10-4-5-12-11(8-10)15(7-3-6-14)13(16)9-17-12/h4-5,8H,2-3,6-7,9,14H2,1H3. The number of hydrogen-bond acceptors (Lipinski definition) is 3. The topological polar surface area (TPSA) is 55.6 Å². The van der Waals surface area contributed by atoms with Crippen molar-refractivity contribution in [3.63, 3.8) is 0 Å². The van der Waals surface area contributed by atoms with Gasteiger partial charge >= 0.3 is 0 Å². The second-order valence-corrected chi connectivity index (χ2v) is 4.13. The summed E-state index contributed by atoms with van der Waals surface area (Å²) in [5.74, 6) is 0.804. The number of carbonyl (C=O) groups is 1. The first-order chi connectivity index (χ1) is 8.26. The molecule has 17 heavy (non-hydrogen) atoms. The maximum Gasteiger partial charge on any atom is 0.265 e. The van der Waals surface area contributed by atoms with Crippen LogP contribution in [-0.4, -0.2) is 25.6 Å². The molecule has 0 atom stereocenters. The van der Waals surface area contributed by atoms with Crippen LogP contribution >= 0.6 is 0 Å². The van der Waals surface area contributed by atoms with E-state index in [1.807, 2.05) is 18.2 Å². The van der Waals surface area contributed by atoms with Crippen molar-refractivity contribution >= 4 is 11.6 Å². The lowest BCUT2D eigenvalue weighted by molar-refractivity contribution is -0.121. The minimum absolute atomic E-state index is 0.0132. The zero-order chi connectivity index (χ0) is 12.3. The molecule has 1 heterocycles. The Morgan fingerprint density at radius 3 is 3.00 bits per heavy atom. The Morgan fingerprint density at radius 1 is 1.47 bits per heavy atom. The van der Waals surface area contributed by atoms with Crippen LogP contribution in [0.2, 0.25) is 0 Å². The van der Waals surface area contributed by atoms with Crippen molar-refractivity contribution < 1.29 is 9.53 Å². The number of aryl methyl sites for hydroxylation is 1. The summed E-state index contributed by atoms with van der Waals surface area (Å²) in [5, 5.41) is 0. The zero-order valence-electron chi connectivity index (χ0n) is 10.1. The number of nitrogens with zero attached hydrogens (tertiary/aromatic N) is 1. The predicted octanol–water partition coefficient (Wildman–Crippen LogP) is 1.32. The van der Waals surface area contributed by atoms with Crippen molar-refractivity contribution in [3.8, 4) is 5.75 Å². The normalized spacial score (nSPS) is 14.5. The van der Waals surface area contributed by atoms with Crippen molar-refractivity contribution in [2.24, 2.45) is 5.73 Å². The minimum Gasteiger partial charge on any atom is -0.482 e.